The highest BCUT2D eigenvalue weighted by Crippen LogP contribution is 2.25. The van der Waals surface area contributed by atoms with Crippen molar-refractivity contribution in [1.29, 1.82) is 0 Å². The van der Waals surface area contributed by atoms with Crippen molar-refractivity contribution in [2.45, 2.75) is 57.8 Å². The molecule has 0 unspecified atom stereocenters. The Balaban J connectivity index is 1.79. The molecule has 3 N–H and O–H groups in total. The van der Waals surface area contributed by atoms with Gasteiger partial charge in [-0.25, -0.2) is 0 Å². The zero-order valence-corrected chi connectivity index (χ0v) is 12.9. The zero-order chi connectivity index (χ0) is 15.2. The number of ether oxygens (including phenoxy) is 1. The van der Waals surface area contributed by atoms with Crippen molar-refractivity contribution < 1.29 is 9.53 Å². The number of nitrogens with one attached hydrogen (secondary N) is 1. The Morgan fingerprint density at radius 2 is 2.38 bits per heavy atom. The van der Waals surface area contributed by atoms with E-state index >= 15 is 0 Å². The van der Waals surface area contributed by atoms with Gasteiger partial charge in [0.05, 0.1) is 12.3 Å². The number of hydrogen-bond donors (Lipinski definition) is 2. The molecule has 1 aliphatic carbocycles. The van der Waals surface area contributed by atoms with Crippen molar-refractivity contribution in [1.82, 2.24) is 15.1 Å². The minimum atomic E-state index is -0.0493. The van der Waals surface area contributed by atoms with Gasteiger partial charge < -0.3 is 15.8 Å². The molecule has 2 rings (SSSR count). The number of nitrogens with two attached hydrogens (primary N) is 1. The molecule has 1 aromatic heterocycles. The molecule has 0 aromatic carbocycles. The van der Waals surface area contributed by atoms with Crippen molar-refractivity contribution in [2.75, 3.05) is 7.11 Å². The first kappa shape index (κ1) is 16.0. The summed E-state index contributed by atoms with van der Waals surface area (Å²) in [7, 11) is 1.68. The van der Waals surface area contributed by atoms with Crippen LogP contribution in [0.25, 0.3) is 0 Å². The minimum Gasteiger partial charge on any atom is -0.380 e. The Morgan fingerprint density at radius 3 is 3.05 bits per heavy atom. The molecule has 0 aliphatic heterocycles. The fourth-order valence-electron chi connectivity index (χ4n) is 2.89. The fourth-order valence-corrected chi connectivity index (χ4v) is 2.89. The topological polar surface area (TPSA) is 82.2 Å². The van der Waals surface area contributed by atoms with Crippen LogP contribution in [0.15, 0.2) is 12.4 Å². The lowest BCUT2D eigenvalue weighted by Gasteiger charge is -2.32. The smallest absolute Gasteiger partial charge is 0.223 e. The van der Waals surface area contributed by atoms with Gasteiger partial charge in [0.1, 0.15) is 0 Å². The van der Waals surface area contributed by atoms with Gasteiger partial charge in [-0.15, -0.1) is 0 Å². The first-order valence-electron chi connectivity index (χ1n) is 7.71. The number of nitrogens with zero attached hydrogens (tertiary/aromatic N) is 2. The zero-order valence-electron chi connectivity index (χ0n) is 12.9. The van der Waals surface area contributed by atoms with Crippen LogP contribution in [0, 0.1) is 5.92 Å². The Morgan fingerprint density at radius 1 is 1.57 bits per heavy atom. The molecular formula is C15H26N4O2. The summed E-state index contributed by atoms with van der Waals surface area (Å²) in [5, 5.41) is 7.25. The maximum atomic E-state index is 12.2. The summed E-state index contributed by atoms with van der Waals surface area (Å²) >= 11 is 0. The van der Waals surface area contributed by atoms with Crippen LogP contribution < -0.4 is 11.1 Å². The summed E-state index contributed by atoms with van der Waals surface area (Å²) in [5.74, 6) is 0.0836. The first-order chi connectivity index (χ1) is 10.1. The molecule has 0 bridgehead atoms. The molecule has 0 spiro atoms. The SMILES string of the molecule is CCCn1cc(CNC(=O)[C@H]2CC[C@@H](OC)[C@H](N)C2)cn1. The van der Waals surface area contributed by atoms with Crippen LogP contribution in [0.1, 0.15) is 38.2 Å². The van der Waals surface area contributed by atoms with E-state index in [0.29, 0.717) is 13.0 Å². The van der Waals surface area contributed by atoms with Gasteiger partial charge in [-0.1, -0.05) is 6.92 Å². The first-order valence-corrected chi connectivity index (χ1v) is 7.71. The quantitative estimate of drug-likeness (QED) is 0.821. The average Bonchev–Trinajstić information content (AvgIpc) is 2.93. The highest BCUT2D eigenvalue weighted by atomic mass is 16.5. The second-order valence-electron chi connectivity index (χ2n) is 5.78. The van der Waals surface area contributed by atoms with E-state index in [1.807, 2.05) is 17.1 Å². The van der Waals surface area contributed by atoms with Gasteiger partial charge >= 0.3 is 0 Å². The summed E-state index contributed by atoms with van der Waals surface area (Å²) in [6.07, 6.45) is 7.31. The molecule has 0 saturated heterocycles. The molecule has 21 heavy (non-hydrogen) atoms. The number of carbonyl (C=O) groups is 1. The normalized spacial score (nSPS) is 25.8. The Kier molecular flexibility index (Phi) is 5.76. The van der Waals surface area contributed by atoms with Gasteiger partial charge in [0, 0.05) is 43.9 Å². The van der Waals surface area contributed by atoms with Crippen LogP contribution >= 0.6 is 0 Å². The van der Waals surface area contributed by atoms with Crippen molar-refractivity contribution >= 4 is 5.91 Å². The van der Waals surface area contributed by atoms with Gasteiger partial charge in [0.2, 0.25) is 5.91 Å². The summed E-state index contributed by atoms with van der Waals surface area (Å²) in [5.41, 5.74) is 7.08. The monoisotopic (exact) mass is 294 g/mol. The van der Waals surface area contributed by atoms with Crippen molar-refractivity contribution in [3.05, 3.63) is 18.0 Å². The average molecular weight is 294 g/mol. The van der Waals surface area contributed by atoms with E-state index in [1.165, 1.54) is 0 Å². The van der Waals surface area contributed by atoms with Crippen molar-refractivity contribution in [2.24, 2.45) is 11.7 Å². The molecule has 1 heterocycles. The van der Waals surface area contributed by atoms with Gasteiger partial charge in [0.25, 0.3) is 0 Å². The van der Waals surface area contributed by atoms with Crippen LogP contribution in [-0.4, -0.2) is 34.9 Å². The van der Waals surface area contributed by atoms with Gasteiger partial charge in [-0.05, 0) is 25.7 Å². The van der Waals surface area contributed by atoms with Crippen LogP contribution in [0.2, 0.25) is 0 Å². The molecule has 1 aromatic rings. The lowest BCUT2D eigenvalue weighted by molar-refractivity contribution is -0.127. The number of carbonyl (C=O) groups excluding carboxylic acids is 1. The lowest BCUT2D eigenvalue weighted by Crippen LogP contribution is -2.45. The van der Waals surface area contributed by atoms with E-state index in [9.17, 15) is 4.79 Å². The molecule has 6 nitrogen and oxygen atoms in total. The number of rotatable bonds is 6. The Bertz CT molecular complexity index is 460. The van der Waals surface area contributed by atoms with Crippen molar-refractivity contribution in [3.8, 4) is 0 Å². The maximum absolute atomic E-state index is 12.2. The highest BCUT2D eigenvalue weighted by Gasteiger charge is 2.31. The Hall–Kier alpha value is -1.40. The van der Waals surface area contributed by atoms with Crippen molar-refractivity contribution in [3.63, 3.8) is 0 Å². The largest absolute Gasteiger partial charge is 0.380 e. The summed E-state index contributed by atoms with van der Waals surface area (Å²) in [6, 6.07) is -0.0493. The summed E-state index contributed by atoms with van der Waals surface area (Å²) in [4.78, 5) is 12.2. The standard InChI is InChI=1S/C15H26N4O2/c1-3-6-19-10-11(9-18-19)8-17-15(20)12-4-5-14(21-2)13(16)7-12/h9-10,12-14H,3-8,16H2,1-2H3,(H,17,20)/t12-,13+,14+/m0/s1. The van der Waals surface area contributed by atoms with E-state index < -0.39 is 0 Å². The number of aryl methyl sites for hydroxylation is 1. The molecule has 0 radical (unpaired) electrons. The number of hydrogen-bond acceptors (Lipinski definition) is 4. The molecule has 118 valence electrons. The van der Waals surface area contributed by atoms with Crippen LogP contribution in [0.5, 0.6) is 0 Å². The lowest BCUT2D eigenvalue weighted by atomic mass is 9.83. The molecule has 1 saturated carbocycles. The minimum absolute atomic E-state index is 0.00270. The third-order valence-electron chi connectivity index (χ3n) is 4.11. The summed E-state index contributed by atoms with van der Waals surface area (Å²) < 4.78 is 7.22. The number of methoxy groups -OCH3 is 1. The van der Waals surface area contributed by atoms with E-state index in [2.05, 4.69) is 17.3 Å². The Labute approximate surface area is 126 Å². The van der Waals surface area contributed by atoms with E-state index in [-0.39, 0.29) is 24.0 Å². The van der Waals surface area contributed by atoms with Gasteiger partial charge in [0.15, 0.2) is 0 Å². The maximum Gasteiger partial charge on any atom is 0.223 e. The molecule has 1 fully saturated rings. The molecular weight excluding hydrogens is 268 g/mol. The number of aromatic nitrogens is 2. The van der Waals surface area contributed by atoms with Crippen LogP contribution in [0.3, 0.4) is 0 Å². The summed E-state index contributed by atoms with van der Waals surface area (Å²) in [6.45, 7) is 3.55. The van der Waals surface area contributed by atoms with E-state index in [4.69, 9.17) is 10.5 Å². The van der Waals surface area contributed by atoms with E-state index in [1.54, 1.807) is 7.11 Å². The van der Waals surface area contributed by atoms with Gasteiger partial charge in [-0.2, -0.15) is 5.10 Å². The second kappa shape index (κ2) is 7.56. The molecule has 1 amide bonds. The van der Waals surface area contributed by atoms with E-state index in [0.717, 1.165) is 31.4 Å². The predicted molar refractivity (Wildman–Crippen MR) is 80.5 cm³/mol. The molecule has 6 heteroatoms. The second-order valence-corrected chi connectivity index (χ2v) is 5.78. The van der Waals surface area contributed by atoms with Crippen LogP contribution in [0.4, 0.5) is 0 Å². The molecule has 3 atom stereocenters. The predicted octanol–water partition coefficient (Wildman–Crippen LogP) is 1.05. The van der Waals surface area contributed by atoms with Gasteiger partial charge in [-0.3, -0.25) is 9.48 Å². The molecule has 1 aliphatic rings. The highest BCUT2D eigenvalue weighted by molar-refractivity contribution is 5.78. The van der Waals surface area contributed by atoms with Crippen LogP contribution in [-0.2, 0) is 22.6 Å². The fraction of sp³-hybridized carbons (Fsp3) is 0.733. The third kappa shape index (κ3) is 4.28. The third-order valence-corrected chi connectivity index (χ3v) is 4.11. The number of amides is 1.